The van der Waals surface area contributed by atoms with Crippen molar-refractivity contribution in [2.75, 3.05) is 32.1 Å². The van der Waals surface area contributed by atoms with Crippen LogP contribution < -0.4 is 5.32 Å². The SMILES string of the molecule is COC(=O)N1CCC(CNc2nc3cc(F)c(F)cc3[nH]2)(c2ccc(-c3cccc(C#N)c3)cc2)CC1. The van der Waals surface area contributed by atoms with Gasteiger partial charge in [0, 0.05) is 37.2 Å². The Bertz CT molecular complexity index is 1450. The van der Waals surface area contributed by atoms with Crippen LogP contribution in [0.3, 0.4) is 0 Å². The number of hydrogen-bond acceptors (Lipinski definition) is 5. The predicted octanol–water partition coefficient (Wildman–Crippen LogP) is 5.59. The molecule has 1 fully saturated rings. The number of carbonyl (C=O) groups excluding carboxylic acids is 1. The van der Waals surface area contributed by atoms with E-state index >= 15 is 0 Å². The number of nitrogens with zero attached hydrogens (tertiary/aromatic N) is 3. The number of fused-ring (bicyclic) bond motifs is 1. The zero-order valence-corrected chi connectivity index (χ0v) is 20.2. The maximum Gasteiger partial charge on any atom is 0.409 e. The van der Waals surface area contributed by atoms with Crippen molar-refractivity contribution in [3.8, 4) is 17.2 Å². The molecule has 0 spiro atoms. The van der Waals surface area contributed by atoms with Crippen molar-refractivity contribution in [2.45, 2.75) is 18.3 Å². The lowest BCUT2D eigenvalue weighted by atomic mass is 9.72. The summed E-state index contributed by atoms with van der Waals surface area (Å²) in [7, 11) is 1.37. The minimum Gasteiger partial charge on any atom is -0.453 e. The maximum absolute atomic E-state index is 13.6. The molecule has 0 aliphatic carbocycles. The number of benzene rings is 3. The molecular formula is C28H25F2N5O2. The van der Waals surface area contributed by atoms with Crippen LogP contribution in [0.2, 0.25) is 0 Å². The number of aromatic amines is 1. The number of nitrogens with one attached hydrogen (secondary N) is 2. The number of piperidine rings is 1. The number of rotatable bonds is 5. The van der Waals surface area contributed by atoms with Gasteiger partial charge in [-0.25, -0.2) is 18.6 Å². The highest BCUT2D eigenvalue weighted by atomic mass is 19.2. The minimum atomic E-state index is -0.947. The van der Waals surface area contributed by atoms with E-state index in [1.54, 1.807) is 11.0 Å². The summed E-state index contributed by atoms with van der Waals surface area (Å²) in [4.78, 5) is 21.2. The van der Waals surface area contributed by atoms with Crippen LogP contribution in [0.5, 0.6) is 0 Å². The molecule has 0 unspecified atom stereocenters. The Kier molecular flexibility index (Phi) is 6.49. The zero-order chi connectivity index (χ0) is 26.0. The first kappa shape index (κ1) is 24.3. The summed E-state index contributed by atoms with van der Waals surface area (Å²) in [6.07, 6.45) is 1.01. The Morgan fingerprint density at radius 3 is 2.54 bits per heavy atom. The molecule has 5 rings (SSSR count). The molecule has 0 atom stereocenters. The van der Waals surface area contributed by atoms with Crippen molar-refractivity contribution in [1.82, 2.24) is 14.9 Å². The van der Waals surface area contributed by atoms with Crippen LogP contribution in [0.15, 0.2) is 60.7 Å². The Labute approximate surface area is 212 Å². The van der Waals surface area contributed by atoms with Crippen LogP contribution >= 0.6 is 0 Å². The second kappa shape index (κ2) is 9.90. The molecule has 2 N–H and O–H groups in total. The molecule has 1 aliphatic heterocycles. The van der Waals surface area contributed by atoms with Crippen molar-refractivity contribution in [1.29, 1.82) is 5.26 Å². The van der Waals surface area contributed by atoms with Crippen molar-refractivity contribution in [2.24, 2.45) is 0 Å². The topological polar surface area (TPSA) is 94.0 Å². The standard InChI is InChI=1S/C28H25F2N5O2/c1-37-27(36)35-11-9-28(10-12-35,17-32-26-33-24-14-22(29)23(30)15-25(24)34-26)21-7-5-19(6-8-21)20-4-2-3-18(13-20)16-31/h2-8,13-15H,9-12,17H2,1H3,(H2,32,33,34). The van der Waals surface area contributed by atoms with Crippen LogP contribution in [-0.2, 0) is 10.2 Å². The Hall–Kier alpha value is -4.45. The van der Waals surface area contributed by atoms with E-state index in [1.165, 1.54) is 7.11 Å². The fourth-order valence-electron chi connectivity index (χ4n) is 4.94. The number of imidazole rings is 1. The number of aromatic nitrogens is 2. The number of methoxy groups -OCH3 is 1. The monoisotopic (exact) mass is 501 g/mol. The number of anilines is 1. The predicted molar refractivity (Wildman–Crippen MR) is 136 cm³/mol. The lowest BCUT2D eigenvalue weighted by Gasteiger charge is -2.42. The molecule has 1 aliphatic rings. The van der Waals surface area contributed by atoms with Gasteiger partial charge in [0.15, 0.2) is 11.6 Å². The van der Waals surface area contributed by atoms with E-state index in [4.69, 9.17) is 4.74 Å². The minimum absolute atomic E-state index is 0.326. The first-order valence-electron chi connectivity index (χ1n) is 11.9. The third-order valence-corrected chi connectivity index (χ3v) is 7.09. The first-order chi connectivity index (χ1) is 17.9. The number of carbonyl (C=O) groups is 1. The molecular weight excluding hydrogens is 476 g/mol. The molecule has 0 bridgehead atoms. The summed E-state index contributed by atoms with van der Waals surface area (Å²) in [6, 6.07) is 20.0. The summed E-state index contributed by atoms with van der Waals surface area (Å²) >= 11 is 0. The van der Waals surface area contributed by atoms with Crippen LogP contribution in [0.4, 0.5) is 19.5 Å². The van der Waals surface area contributed by atoms with Crippen molar-refractivity contribution < 1.29 is 18.3 Å². The molecule has 1 amide bonds. The second-order valence-corrected chi connectivity index (χ2v) is 9.23. The quantitative estimate of drug-likeness (QED) is 0.372. The van der Waals surface area contributed by atoms with Gasteiger partial charge in [0.1, 0.15) is 0 Å². The van der Waals surface area contributed by atoms with Gasteiger partial charge in [-0.15, -0.1) is 0 Å². The Morgan fingerprint density at radius 2 is 1.84 bits per heavy atom. The smallest absolute Gasteiger partial charge is 0.409 e. The van der Waals surface area contributed by atoms with Crippen molar-refractivity contribution in [3.63, 3.8) is 0 Å². The number of ether oxygens (including phenoxy) is 1. The van der Waals surface area contributed by atoms with E-state index in [0.717, 1.165) is 28.8 Å². The molecule has 2 heterocycles. The molecule has 9 heteroatoms. The lowest BCUT2D eigenvalue weighted by molar-refractivity contribution is 0.101. The Morgan fingerprint density at radius 1 is 1.11 bits per heavy atom. The molecule has 0 saturated carbocycles. The van der Waals surface area contributed by atoms with Crippen LogP contribution in [0.1, 0.15) is 24.0 Å². The number of H-pyrrole nitrogens is 1. The summed E-state index contributed by atoms with van der Waals surface area (Å²) in [6.45, 7) is 1.55. The summed E-state index contributed by atoms with van der Waals surface area (Å²) < 4.78 is 32.2. The van der Waals surface area contributed by atoms with Crippen LogP contribution in [-0.4, -0.2) is 47.7 Å². The average Bonchev–Trinajstić information content (AvgIpc) is 3.33. The second-order valence-electron chi connectivity index (χ2n) is 9.23. The van der Waals surface area contributed by atoms with Gasteiger partial charge in [-0.1, -0.05) is 36.4 Å². The highest BCUT2D eigenvalue weighted by Crippen LogP contribution is 2.37. The number of halogens is 2. The number of amides is 1. The fourth-order valence-corrected chi connectivity index (χ4v) is 4.94. The third-order valence-electron chi connectivity index (χ3n) is 7.09. The van der Waals surface area contributed by atoms with Crippen LogP contribution in [0, 0.1) is 23.0 Å². The number of likely N-dealkylation sites (tertiary alicyclic amines) is 1. The van der Waals surface area contributed by atoms with E-state index in [0.29, 0.717) is 55.0 Å². The van der Waals surface area contributed by atoms with E-state index in [1.807, 2.05) is 30.3 Å². The van der Waals surface area contributed by atoms with E-state index in [9.17, 15) is 18.8 Å². The van der Waals surface area contributed by atoms with Gasteiger partial charge in [0.25, 0.3) is 0 Å². The van der Waals surface area contributed by atoms with Crippen molar-refractivity contribution in [3.05, 3.63) is 83.4 Å². The molecule has 188 valence electrons. The largest absolute Gasteiger partial charge is 0.453 e. The third kappa shape index (κ3) is 4.83. The van der Waals surface area contributed by atoms with Gasteiger partial charge in [0.05, 0.1) is 29.8 Å². The summed E-state index contributed by atoms with van der Waals surface area (Å²) in [5, 5.41) is 12.5. The molecule has 0 radical (unpaired) electrons. The molecule has 1 aromatic heterocycles. The molecule has 4 aromatic rings. The number of hydrogen-bond donors (Lipinski definition) is 2. The van der Waals surface area contributed by atoms with E-state index in [-0.39, 0.29) is 11.5 Å². The highest BCUT2D eigenvalue weighted by Gasteiger charge is 2.38. The molecule has 37 heavy (non-hydrogen) atoms. The van der Waals surface area contributed by atoms with Gasteiger partial charge >= 0.3 is 6.09 Å². The zero-order valence-electron chi connectivity index (χ0n) is 20.2. The molecule has 3 aromatic carbocycles. The fraction of sp³-hybridized carbons (Fsp3) is 0.250. The van der Waals surface area contributed by atoms with E-state index < -0.39 is 11.6 Å². The maximum atomic E-state index is 13.6. The van der Waals surface area contributed by atoms with Gasteiger partial charge in [-0.2, -0.15) is 5.26 Å². The van der Waals surface area contributed by atoms with Gasteiger partial charge < -0.3 is 19.9 Å². The van der Waals surface area contributed by atoms with E-state index in [2.05, 4.69) is 33.5 Å². The van der Waals surface area contributed by atoms with Crippen LogP contribution in [0.25, 0.3) is 22.2 Å². The van der Waals surface area contributed by atoms with Gasteiger partial charge in [-0.3, -0.25) is 0 Å². The Balaban J connectivity index is 1.42. The summed E-state index contributed by atoms with van der Waals surface area (Å²) in [5.74, 6) is -1.47. The van der Waals surface area contributed by atoms with Crippen molar-refractivity contribution >= 4 is 23.1 Å². The molecule has 7 nitrogen and oxygen atoms in total. The number of nitriles is 1. The van der Waals surface area contributed by atoms with Gasteiger partial charge in [-0.05, 0) is 41.7 Å². The molecule has 1 saturated heterocycles. The highest BCUT2D eigenvalue weighted by molar-refractivity contribution is 5.77. The first-order valence-corrected chi connectivity index (χ1v) is 11.9. The summed E-state index contributed by atoms with van der Waals surface area (Å²) in [5.41, 5.74) is 4.06. The normalized spacial score (nSPS) is 14.8. The average molecular weight is 502 g/mol. The lowest BCUT2D eigenvalue weighted by Crippen LogP contribution is -2.48. The van der Waals surface area contributed by atoms with Gasteiger partial charge in [0.2, 0.25) is 5.95 Å².